The van der Waals surface area contributed by atoms with Gasteiger partial charge in [0.25, 0.3) is 0 Å². The molecule has 1 aliphatic heterocycles. The molecule has 1 atom stereocenters. The fraction of sp³-hybridized carbons (Fsp3) is 0.176. The van der Waals surface area contributed by atoms with E-state index < -0.39 is 18.2 Å². The van der Waals surface area contributed by atoms with Gasteiger partial charge in [-0.2, -0.15) is 18.2 Å². The third kappa shape index (κ3) is 3.21. The summed E-state index contributed by atoms with van der Waals surface area (Å²) in [6.45, 7) is 0.173. The second-order valence-corrected chi connectivity index (χ2v) is 5.70. The zero-order valence-corrected chi connectivity index (χ0v) is 13.6. The molecule has 0 bridgehead atoms. The molecule has 1 aliphatic rings. The van der Waals surface area contributed by atoms with E-state index in [1.165, 1.54) is 23.2 Å². The summed E-state index contributed by atoms with van der Waals surface area (Å²) in [5.74, 6) is -1.38. The predicted octanol–water partition coefficient (Wildman–Crippen LogP) is 3.85. The fourth-order valence-corrected chi connectivity index (χ4v) is 2.71. The zero-order chi connectivity index (χ0) is 19.0. The lowest BCUT2D eigenvalue weighted by molar-refractivity contribution is -0.159. The number of rotatable bonds is 3. The number of carbonyl (C=O) groups is 1. The van der Waals surface area contributed by atoms with Crippen molar-refractivity contribution in [2.75, 3.05) is 11.5 Å². The molecule has 27 heavy (non-hydrogen) atoms. The number of aromatic nitrogens is 3. The zero-order valence-electron chi connectivity index (χ0n) is 13.6. The van der Waals surface area contributed by atoms with Crippen LogP contribution in [0.5, 0.6) is 0 Å². The van der Waals surface area contributed by atoms with Gasteiger partial charge >= 0.3 is 18.2 Å². The molecule has 0 radical (unpaired) electrons. The van der Waals surface area contributed by atoms with Crippen molar-refractivity contribution >= 4 is 11.9 Å². The van der Waals surface area contributed by atoms with Gasteiger partial charge in [0.05, 0.1) is 0 Å². The van der Waals surface area contributed by atoms with Crippen LogP contribution in [0.3, 0.4) is 0 Å². The highest BCUT2D eigenvalue weighted by Gasteiger charge is 2.39. The normalized spacial score (nSPS) is 17.2. The number of benzene rings is 1. The summed E-state index contributed by atoms with van der Waals surface area (Å²) in [6.07, 6.45) is -4.00. The Morgan fingerprint density at radius 3 is 2.52 bits per heavy atom. The maximum absolute atomic E-state index is 12.6. The number of ether oxygens (including phenoxy) is 1. The van der Waals surface area contributed by atoms with E-state index in [1.54, 1.807) is 0 Å². The Labute approximate surface area is 150 Å². The Bertz CT molecular complexity index is 958. The SMILES string of the molecule is O=C1OC[C@@H](c2ccccc2)N1c1ccc(-c2noc(C(F)(F)F)n2)cn1. The second kappa shape index (κ2) is 6.38. The van der Waals surface area contributed by atoms with Crippen molar-refractivity contribution in [3.8, 4) is 11.4 Å². The second-order valence-electron chi connectivity index (χ2n) is 5.70. The molecular formula is C17H11F3N4O3. The van der Waals surface area contributed by atoms with Crippen molar-refractivity contribution in [2.24, 2.45) is 0 Å². The van der Waals surface area contributed by atoms with Crippen molar-refractivity contribution in [1.29, 1.82) is 0 Å². The minimum Gasteiger partial charge on any atom is -0.447 e. The highest BCUT2D eigenvalue weighted by atomic mass is 19.4. The van der Waals surface area contributed by atoms with E-state index in [1.807, 2.05) is 30.3 Å². The average molecular weight is 376 g/mol. The average Bonchev–Trinajstić information content (AvgIpc) is 3.30. The summed E-state index contributed by atoms with van der Waals surface area (Å²) < 4.78 is 47.0. The number of pyridine rings is 1. The predicted molar refractivity (Wildman–Crippen MR) is 85.5 cm³/mol. The first-order chi connectivity index (χ1) is 12.9. The number of carbonyl (C=O) groups excluding carboxylic acids is 1. The van der Waals surface area contributed by atoms with Gasteiger partial charge in [-0.25, -0.2) is 9.78 Å². The van der Waals surface area contributed by atoms with Gasteiger partial charge in [-0.3, -0.25) is 4.90 Å². The van der Waals surface area contributed by atoms with Crippen LogP contribution in [0.15, 0.2) is 53.2 Å². The highest BCUT2D eigenvalue weighted by Crippen LogP contribution is 2.33. The third-order valence-electron chi connectivity index (χ3n) is 3.98. The van der Waals surface area contributed by atoms with Crippen LogP contribution >= 0.6 is 0 Å². The van der Waals surface area contributed by atoms with Gasteiger partial charge in [-0.05, 0) is 17.7 Å². The molecule has 1 aromatic carbocycles. The van der Waals surface area contributed by atoms with Gasteiger partial charge in [0.2, 0.25) is 5.82 Å². The molecule has 3 aromatic rings. The highest BCUT2D eigenvalue weighted by molar-refractivity contribution is 5.89. The van der Waals surface area contributed by atoms with Gasteiger partial charge in [-0.1, -0.05) is 35.5 Å². The van der Waals surface area contributed by atoms with Crippen LogP contribution in [-0.2, 0) is 10.9 Å². The lowest BCUT2D eigenvalue weighted by Crippen LogP contribution is -2.28. The number of hydrogen-bond donors (Lipinski definition) is 0. The van der Waals surface area contributed by atoms with Gasteiger partial charge in [0, 0.05) is 11.8 Å². The van der Waals surface area contributed by atoms with Crippen LogP contribution < -0.4 is 4.90 Å². The molecule has 4 rings (SSSR count). The molecule has 10 heteroatoms. The molecule has 1 fully saturated rings. The molecule has 0 aliphatic carbocycles. The standard InChI is InChI=1S/C17H11F3N4O3/c18-17(19,20)15-22-14(23-27-15)11-6-7-13(21-8-11)24-12(9-26-16(24)25)10-4-2-1-3-5-10/h1-8,12H,9H2/t12-/m0/s1. The van der Waals surface area contributed by atoms with Gasteiger partial charge in [0.1, 0.15) is 18.5 Å². The number of anilines is 1. The van der Waals surface area contributed by atoms with Crippen LogP contribution in [0.2, 0.25) is 0 Å². The van der Waals surface area contributed by atoms with Crippen molar-refractivity contribution in [3.05, 3.63) is 60.1 Å². The molecule has 1 saturated heterocycles. The van der Waals surface area contributed by atoms with E-state index in [0.29, 0.717) is 5.82 Å². The summed E-state index contributed by atoms with van der Waals surface area (Å²) in [6, 6.07) is 11.9. The van der Waals surface area contributed by atoms with Crippen molar-refractivity contribution < 1.29 is 27.2 Å². The van der Waals surface area contributed by atoms with Crippen molar-refractivity contribution in [1.82, 2.24) is 15.1 Å². The van der Waals surface area contributed by atoms with E-state index in [4.69, 9.17) is 4.74 Å². The topological polar surface area (TPSA) is 81.4 Å². The van der Waals surface area contributed by atoms with Crippen LogP contribution in [0.4, 0.5) is 23.8 Å². The molecule has 2 aromatic heterocycles. The largest absolute Gasteiger partial charge is 0.471 e. The first-order valence-electron chi connectivity index (χ1n) is 7.82. The number of hydrogen-bond acceptors (Lipinski definition) is 6. The van der Waals surface area contributed by atoms with Crippen LogP contribution in [-0.4, -0.2) is 27.8 Å². The van der Waals surface area contributed by atoms with E-state index in [2.05, 4.69) is 19.6 Å². The first-order valence-corrected chi connectivity index (χ1v) is 7.82. The summed E-state index contributed by atoms with van der Waals surface area (Å²) in [7, 11) is 0. The van der Waals surface area contributed by atoms with E-state index in [0.717, 1.165) is 5.56 Å². The number of nitrogens with zero attached hydrogens (tertiary/aromatic N) is 4. The molecule has 0 unspecified atom stereocenters. The lowest BCUT2D eigenvalue weighted by atomic mass is 10.1. The Hall–Kier alpha value is -3.43. The number of cyclic esters (lactones) is 1. The van der Waals surface area contributed by atoms with Gasteiger partial charge < -0.3 is 9.26 Å². The maximum atomic E-state index is 12.6. The maximum Gasteiger partial charge on any atom is 0.471 e. The Balaban J connectivity index is 1.61. The molecule has 0 spiro atoms. The quantitative estimate of drug-likeness (QED) is 0.691. The van der Waals surface area contributed by atoms with Crippen LogP contribution in [0.1, 0.15) is 17.5 Å². The Morgan fingerprint density at radius 1 is 1.11 bits per heavy atom. The number of amides is 1. The fourth-order valence-electron chi connectivity index (χ4n) is 2.71. The minimum absolute atomic E-state index is 0.173. The Kier molecular flexibility index (Phi) is 4.02. The molecule has 1 amide bonds. The molecule has 7 nitrogen and oxygen atoms in total. The van der Waals surface area contributed by atoms with E-state index in [-0.39, 0.29) is 24.0 Å². The van der Waals surface area contributed by atoms with Crippen molar-refractivity contribution in [2.45, 2.75) is 12.2 Å². The smallest absolute Gasteiger partial charge is 0.447 e. The third-order valence-corrected chi connectivity index (χ3v) is 3.98. The van der Waals surface area contributed by atoms with Gasteiger partial charge in [-0.15, -0.1) is 0 Å². The summed E-state index contributed by atoms with van der Waals surface area (Å²) in [4.78, 5) is 21.0. The van der Waals surface area contributed by atoms with E-state index in [9.17, 15) is 18.0 Å². The first kappa shape index (κ1) is 17.0. The lowest BCUT2D eigenvalue weighted by Gasteiger charge is -2.20. The molecular weight excluding hydrogens is 365 g/mol. The van der Waals surface area contributed by atoms with Crippen molar-refractivity contribution in [3.63, 3.8) is 0 Å². The molecule has 0 N–H and O–H groups in total. The monoisotopic (exact) mass is 376 g/mol. The summed E-state index contributed by atoms with van der Waals surface area (Å²) >= 11 is 0. The van der Waals surface area contributed by atoms with E-state index >= 15 is 0 Å². The molecule has 0 saturated carbocycles. The number of alkyl halides is 3. The van der Waals surface area contributed by atoms with Crippen LogP contribution in [0, 0.1) is 0 Å². The minimum atomic E-state index is -4.72. The van der Waals surface area contributed by atoms with Crippen LogP contribution in [0.25, 0.3) is 11.4 Å². The Morgan fingerprint density at radius 2 is 1.89 bits per heavy atom. The summed E-state index contributed by atoms with van der Waals surface area (Å²) in [5, 5.41) is 3.31. The molecule has 3 heterocycles. The molecule has 138 valence electrons. The summed E-state index contributed by atoms with van der Waals surface area (Å²) in [5.41, 5.74) is 1.10. The number of halogens is 3. The van der Waals surface area contributed by atoms with Gasteiger partial charge in [0.15, 0.2) is 0 Å².